The highest BCUT2D eigenvalue weighted by atomic mass is 32.1. The van der Waals surface area contributed by atoms with Crippen molar-refractivity contribution < 1.29 is 4.79 Å². The summed E-state index contributed by atoms with van der Waals surface area (Å²) in [7, 11) is 0. The van der Waals surface area contributed by atoms with Gasteiger partial charge in [-0.1, -0.05) is 6.07 Å². The summed E-state index contributed by atoms with van der Waals surface area (Å²) >= 11 is 1.42. The van der Waals surface area contributed by atoms with Crippen LogP contribution in [0.5, 0.6) is 0 Å². The Hall–Kier alpha value is -2.87. The number of thiazole rings is 1. The Morgan fingerprint density at radius 1 is 1.12 bits per heavy atom. The van der Waals surface area contributed by atoms with Crippen LogP contribution in [0.1, 0.15) is 22.8 Å². The van der Waals surface area contributed by atoms with Gasteiger partial charge in [0, 0.05) is 23.0 Å². The van der Waals surface area contributed by atoms with Crippen LogP contribution in [0.3, 0.4) is 0 Å². The molecule has 0 aliphatic heterocycles. The van der Waals surface area contributed by atoms with E-state index in [9.17, 15) is 4.79 Å². The molecule has 7 nitrogen and oxygen atoms in total. The van der Waals surface area contributed by atoms with Gasteiger partial charge in [-0.3, -0.25) is 9.78 Å². The highest BCUT2D eigenvalue weighted by molar-refractivity contribution is 7.13. The van der Waals surface area contributed by atoms with Crippen LogP contribution in [0.25, 0.3) is 0 Å². The summed E-state index contributed by atoms with van der Waals surface area (Å²) in [5.41, 5.74) is 3.31. The first-order valence-corrected chi connectivity index (χ1v) is 8.67. The van der Waals surface area contributed by atoms with E-state index in [0.29, 0.717) is 23.3 Å². The first-order valence-electron chi connectivity index (χ1n) is 7.79. The zero-order chi connectivity index (χ0) is 17.6. The second-order valence-corrected chi connectivity index (χ2v) is 6.38. The topological polar surface area (TPSA) is 92.7 Å². The summed E-state index contributed by atoms with van der Waals surface area (Å²) in [4.78, 5) is 29.2. The molecule has 0 saturated carbocycles. The van der Waals surface area contributed by atoms with Crippen LogP contribution in [-0.4, -0.2) is 25.8 Å². The van der Waals surface area contributed by atoms with E-state index in [1.165, 1.54) is 11.3 Å². The SMILES string of the molecule is Cc1cc(C)nc(Nc2nc(CC(=O)NCc3ccccn3)cs2)n1. The lowest BCUT2D eigenvalue weighted by atomic mass is 10.3. The predicted molar refractivity (Wildman–Crippen MR) is 96.7 cm³/mol. The van der Waals surface area contributed by atoms with Crippen molar-refractivity contribution in [3.05, 3.63) is 58.6 Å². The van der Waals surface area contributed by atoms with Gasteiger partial charge in [0.15, 0.2) is 5.13 Å². The molecule has 0 bridgehead atoms. The first kappa shape index (κ1) is 17.0. The molecule has 0 fully saturated rings. The van der Waals surface area contributed by atoms with Crippen molar-refractivity contribution in [3.8, 4) is 0 Å². The number of aromatic nitrogens is 4. The van der Waals surface area contributed by atoms with E-state index < -0.39 is 0 Å². The smallest absolute Gasteiger partial charge is 0.229 e. The molecule has 128 valence electrons. The van der Waals surface area contributed by atoms with Crippen LogP contribution in [0, 0.1) is 13.8 Å². The fourth-order valence-corrected chi connectivity index (χ4v) is 2.95. The predicted octanol–water partition coefficient (Wildman–Crippen LogP) is 2.55. The van der Waals surface area contributed by atoms with Gasteiger partial charge in [-0.25, -0.2) is 15.0 Å². The minimum absolute atomic E-state index is 0.0925. The third-order valence-electron chi connectivity index (χ3n) is 3.29. The maximum atomic E-state index is 12.0. The largest absolute Gasteiger partial charge is 0.350 e. The van der Waals surface area contributed by atoms with Gasteiger partial charge in [0.1, 0.15) is 0 Å². The molecule has 0 aliphatic rings. The van der Waals surface area contributed by atoms with Crippen molar-refractivity contribution in [1.82, 2.24) is 25.3 Å². The molecular weight excluding hydrogens is 336 g/mol. The van der Waals surface area contributed by atoms with Crippen molar-refractivity contribution in [1.29, 1.82) is 0 Å². The summed E-state index contributed by atoms with van der Waals surface area (Å²) in [6.45, 7) is 4.24. The molecule has 2 N–H and O–H groups in total. The number of amides is 1. The van der Waals surface area contributed by atoms with Gasteiger partial charge >= 0.3 is 0 Å². The van der Waals surface area contributed by atoms with Gasteiger partial charge in [-0.15, -0.1) is 11.3 Å². The minimum atomic E-state index is -0.0925. The molecular formula is C17H18N6OS. The quantitative estimate of drug-likeness (QED) is 0.707. The Morgan fingerprint density at radius 3 is 2.64 bits per heavy atom. The van der Waals surface area contributed by atoms with Crippen molar-refractivity contribution in [2.75, 3.05) is 5.32 Å². The summed E-state index contributed by atoms with van der Waals surface area (Å²) in [5, 5.41) is 8.44. The third-order valence-corrected chi connectivity index (χ3v) is 4.09. The van der Waals surface area contributed by atoms with Crippen LogP contribution in [0.15, 0.2) is 35.8 Å². The highest BCUT2D eigenvalue weighted by Gasteiger charge is 2.09. The molecule has 1 amide bonds. The number of carbonyl (C=O) groups is 1. The normalized spacial score (nSPS) is 10.5. The van der Waals surface area contributed by atoms with Gasteiger partial charge in [-0.2, -0.15) is 0 Å². The second-order valence-electron chi connectivity index (χ2n) is 5.52. The summed E-state index contributed by atoms with van der Waals surface area (Å²) in [6, 6.07) is 7.51. The zero-order valence-corrected chi connectivity index (χ0v) is 14.8. The standard InChI is InChI=1S/C17H18N6OS/c1-11-7-12(2)21-16(20-11)23-17-22-14(10-25-17)8-15(24)19-9-13-5-3-4-6-18-13/h3-7,10H,8-9H2,1-2H3,(H,19,24)(H,20,21,22,23). The molecule has 0 atom stereocenters. The molecule has 3 aromatic heterocycles. The van der Waals surface area contributed by atoms with E-state index in [1.807, 2.05) is 43.5 Å². The Balaban J connectivity index is 1.55. The summed E-state index contributed by atoms with van der Waals surface area (Å²) in [5.74, 6) is 0.420. The van der Waals surface area contributed by atoms with Crippen LogP contribution in [0.4, 0.5) is 11.1 Å². The molecule has 0 spiro atoms. The van der Waals surface area contributed by atoms with Crippen LogP contribution >= 0.6 is 11.3 Å². The Kier molecular flexibility index (Phi) is 5.30. The Bertz CT molecular complexity index is 844. The van der Waals surface area contributed by atoms with E-state index >= 15 is 0 Å². The average Bonchev–Trinajstić information content (AvgIpc) is 3.00. The first-order chi connectivity index (χ1) is 12.1. The monoisotopic (exact) mass is 354 g/mol. The van der Waals surface area contributed by atoms with Crippen LogP contribution in [-0.2, 0) is 17.8 Å². The van der Waals surface area contributed by atoms with E-state index in [4.69, 9.17) is 0 Å². The second kappa shape index (κ2) is 7.80. The number of carbonyl (C=O) groups excluding carboxylic acids is 1. The van der Waals surface area contributed by atoms with Gasteiger partial charge in [0.05, 0.1) is 24.4 Å². The number of hydrogen-bond donors (Lipinski definition) is 2. The fraction of sp³-hybridized carbons (Fsp3) is 0.235. The Labute approximate surface area is 149 Å². The number of anilines is 2. The number of nitrogens with zero attached hydrogens (tertiary/aromatic N) is 4. The van der Waals surface area contributed by atoms with E-state index in [2.05, 4.69) is 30.6 Å². The molecule has 25 heavy (non-hydrogen) atoms. The lowest BCUT2D eigenvalue weighted by molar-refractivity contribution is -0.120. The number of hydrogen-bond acceptors (Lipinski definition) is 7. The molecule has 3 rings (SSSR count). The highest BCUT2D eigenvalue weighted by Crippen LogP contribution is 2.19. The summed E-state index contributed by atoms with van der Waals surface area (Å²) < 4.78 is 0. The van der Waals surface area contributed by atoms with Gasteiger partial charge in [0.25, 0.3) is 0 Å². The van der Waals surface area contributed by atoms with Gasteiger partial charge in [-0.05, 0) is 32.0 Å². The Morgan fingerprint density at radius 2 is 1.92 bits per heavy atom. The average molecular weight is 354 g/mol. The number of aryl methyl sites for hydroxylation is 2. The molecule has 3 heterocycles. The third kappa shape index (κ3) is 5.05. The van der Waals surface area contributed by atoms with E-state index in [1.54, 1.807) is 6.20 Å². The fourth-order valence-electron chi connectivity index (χ4n) is 2.24. The molecule has 3 aromatic rings. The van der Waals surface area contributed by atoms with E-state index in [-0.39, 0.29) is 12.3 Å². The number of rotatable bonds is 6. The van der Waals surface area contributed by atoms with Crippen molar-refractivity contribution in [2.24, 2.45) is 0 Å². The van der Waals surface area contributed by atoms with Crippen LogP contribution < -0.4 is 10.6 Å². The summed E-state index contributed by atoms with van der Waals surface area (Å²) in [6.07, 6.45) is 1.92. The lowest BCUT2D eigenvalue weighted by Gasteiger charge is -2.04. The number of pyridine rings is 1. The molecule has 8 heteroatoms. The molecule has 0 aromatic carbocycles. The maximum absolute atomic E-state index is 12.0. The van der Waals surface area contributed by atoms with E-state index in [0.717, 1.165) is 17.1 Å². The van der Waals surface area contributed by atoms with Crippen molar-refractivity contribution in [2.45, 2.75) is 26.8 Å². The molecule has 0 aliphatic carbocycles. The molecule has 0 unspecified atom stereocenters. The lowest BCUT2D eigenvalue weighted by Crippen LogP contribution is -2.25. The molecule has 0 radical (unpaired) electrons. The number of nitrogens with one attached hydrogen (secondary N) is 2. The van der Waals surface area contributed by atoms with Crippen molar-refractivity contribution >= 4 is 28.3 Å². The molecule has 0 saturated heterocycles. The van der Waals surface area contributed by atoms with Crippen molar-refractivity contribution in [3.63, 3.8) is 0 Å². The van der Waals surface area contributed by atoms with Gasteiger partial charge < -0.3 is 10.6 Å². The zero-order valence-electron chi connectivity index (χ0n) is 14.0. The van der Waals surface area contributed by atoms with Gasteiger partial charge in [0.2, 0.25) is 11.9 Å². The maximum Gasteiger partial charge on any atom is 0.229 e. The minimum Gasteiger partial charge on any atom is -0.350 e. The van der Waals surface area contributed by atoms with Crippen LogP contribution in [0.2, 0.25) is 0 Å².